The number of amides is 1. The lowest BCUT2D eigenvalue weighted by atomic mass is 10.2. The maximum Gasteiger partial charge on any atom is 0.228 e. The predicted octanol–water partition coefficient (Wildman–Crippen LogP) is 4.72. The van der Waals surface area contributed by atoms with E-state index in [0.717, 1.165) is 57.3 Å². The zero-order valence-electron chi connectivity index (χ0n) is 15.0. The topological polar surface area (TPSA) is 36.4 Å². The van der Waals surface area contributed by atoms with Crippen molar-refractivity contribution in [1.82, 2.24) is 9.88 Å². The molecular weight excluding hydrogens is 398 g/mol. The molecule has 7 heteroatoms. The lowest BCUT2D eigenvalue weighted by Crippen LogP contribution is -2.49. The molecule has 2 aromatic heterocycles. The molecule has 0 aliphatic carbocycles. The van der Waals surface area contributed by atoms with Crippen LogP contribution >= 0.6 is 34.3 Å². The molecule has 0 bridgehead atoms. The van der Waals surface area contributed by atoms with Crippen molar-refractivity contribution in [2.75, 3.05) is 31.1 Å². The number of carbonyl (C=O) groups is 1. The highest BCUT2D eigenvalue weighted by Gasteiger charge is 2.23. The van der Waals surface area contributed by atoms with E-state index in [1.165, 1.54) is 0 Å². The van der Waals surface area contributed by atoms with Crippen molar-refractivity contribution < 1.29 is 4.79 Å². The molecule has 0 unspecified atom stereocenters. The van der Waals surface area contributed by atoms with Gasteiger partial charge in [-0.05, 0) is 36.6 Å². The SMILES string of the molecule is Cc1nc(-c2cccs2)c(CC(=O)N2CCN(c3cccc(Cl)c3)CC2)s1. The summed E-state index contributed by atoms with van der Waals surface area (Å²) in [5, 5.41) is 3.80. The van der Waals surface area contributed by atoms with Gasteiger partial charge in [0.05, 0.1) is 22.0 Å². The van der Waals surface area contributed by atoms with Gasteiger partial charge in [-0.2, -0.15) is 0 Å². The zero-order chi connectivity index (χ0) is 18.8. The Morgan fingerprint density at radius 2 is 2.00 bits per heavy atom. The third kappa shape index (κ3) is 4.18. The van der Waals surface area contributed by atoms with E-state index in [-0.39, 0.29) is 5.91 Å². The molecule has 3 heterocycles. The highest BCUT2D eigenvalue weighted by molar-refractivity contribution is 7.15. The summed E-state index contributed by atoms with van der Waals surface area (Å²) in [7, 11) is 0. The summed E-state index contributed by atoms with van der Waals surface area (Å²) in [5.74, 6) is 0.183. The van der Waals surface area contributed by atoms with Gasteiger partial charge >= 0.3 is 0 Å². The molecule has 3 aromatic rings. The second-order valence-electron chi connectivity index (χ2n) is 6.51. The first-order valence-electron chi connectivity index (χ1n) is 8.88. The molecule has 140 valence electrons. The number of benzene rings is 1. The highest BCUT2D eigenvalue weighted by Crippen LogP contribution is 2.32. The molecule has 1 aromatic carbocycles. The Morgan fingerprint density at radius 1 is 1.19 bits per heavy atom. The number of thiazole rings is 1. The van der Waals surface area contributed by atoms with Crippen molar-refractivity contribution >= 4 is 45.9 Å². The second-order valence-corrected chi connectivity index (χ2v) is 9.18. The fourth-order valence-corrected chi connectivity index (χ4v) is 5.26. The number of nitrogens with zero attached hydrogens (tertiary/aromatic N) is 3. The average molecular weight is 418 g/mol. The number of rotatable bonds is 4. The van der Waals surface area contributed by atoms with E-state index >= 15 is 0 Å². The van der Waals surface area contributed by atoms with E-state index in [2.05, 4.69) is 22.0 Å². The van der Waals surface area contributed by atoms with Crippen molar-refractivity contribution in [2.24, 2.45) is 0 Å². The molecule has 4 nitrogen and oxygen atoms in total. The summed E-state index contributed by atoms with van der Waals surface area (Å²) in [6, 6.07) is 12.0. The lowest BCUT2D eigenvalue weighted by Gasteiger charge is -2.36. The molecule has 27 heavy (non-hydrogen) atoms. The van der Waals surface area contributed by atoms with Crippen LogP contribution in [-0.4, -0.2) is 42.0 Å². The Bertz CT molecular complexity index is 931. The van der Waals surface area contributed by atoms with Crippen LogP contribution in [0.25, 0.3) is 10.6 Å². The van der Waals surface area contributed by atoms with Crippen LogP contribution in [0.3, 0.4) is 0 Å². The molecule has 4 rings (SSSR count). The van der Waals surface area contributed by atoms with Gasteiger partial charge in [-0.3, -0.25) is 4.79 Å². The largest absolute Gasteiger partial charge is 0.368 e. The van der Waals surface area contributed by atoms with Gasteiger partial charge < -0.3 is 9.80 Å². The Hall–Kier alpha value is -1.89. The Morgan fingerprint density at radius 3 is 2.70 bits per heavy atom. The van der Waals surface area contributed by atoms with Crippen LogP contribution in [0.1, 0.15) is 9.88 Å². The van der Waals surface area contributed by atoms with Crippen LogP contribution in [0.5, 0.6) is 0 Å². The number of aryl methyl sites for hydroxylation is 1. The number of thiophene rings is 1. The number of anilines is 1. The van der Waals surface area contributed by atoms with Gasteiger partial charge in [-0.25, -0.2) is 4.98 Å². The third-order valence-corrected chi connectivity index (χ3v) is 6.76. The lowest BCUT2D eigenvalue weighted by molar-refractivity contribution is -0.130. The molecule has 1 amide bonds. The summed E-state index contributed by atoms with van der Waals surface area (Å²) in [6.45, 7) is 5.12. The number of aromatic nitrogens is 1. The van der Waals surface area contributed by atoms with E-state index in [1.54, 1.807) is 22.7 Å². The molecular formula is C20H20ClN3OS2. The first-order valence-corrected chi connectivity index (χ1v) is 11.0. The normalized spacial score (nSPS) is 14.6. The van der Waals surface area contributed by atoms with E-state index in [0.29, 0.717) is 6.42 Å². The van der Waals surface area contributed by atoms with Crippen LogP contribution < -0.4 is 4.90 Å². The number of hydrogen-bond acceptors (Lipinski definition) is 5. The number of hydrogen-bond donors (Lipinski definition) is 0. The fourth-order valence-electron chi connectivity index (χ4n) is 3.33. The van der Waals surface area contributed by atoms with Crippen molar-refractivity contribution in [3.63, 3.8) is 0 Å². The van der Waals surface area contributed by atoms with E-state index in [4.69, 9.17) is 11.6 Å². The maximum atomic E-state index is 12.9. The molecule has 1 fully saturated rings. The first-order chi connectivity index (χ1) is 13.1. The second kappa shape index (κ2) is 8.00. The molecule has 0 radical (unpaired) electrons. The molecule has 1 saturated heterocycles. The fraction of sp³-hybridized carbons (Fsp3) is 0.300. The summed E-state index contributed by atoms with van der Waals surface area (Å²) in [6.07, 6.45) is 0.426. The van der Waals surface area contributed by atoms with Crippen molar-refractivity contribution in [3.8, 4) is 10.6 Å². The molecule has 1 aliphatic rings. The molecule has 0 N–H and O–H groups in total. The zero-order valence-corrected chi connectivity index (χ0v) is 17.4. The standard InChI is InChI=1S/C20H20ClN3OS2/c1-14-22-20(17-6-3-11-26-17)18(27-14)13-19(25)24-9-7-23(8-10-24)16-5-2-4-15(21)12-16/h2-6,11-12H,7-10,13H2,1H3. The average Bonchev–Trinajstić information content (AvgIpc) is 3.31. The highest BCUT2D eigenvalue weighted by atomic mass is 35.5. The van der Waals surface area contributed by atoms with Gasteiger partial charge in [0.25, 0.3) is 0 Å². The van der Waals surface area contributed by atoms with Crippen LogP contribution in [0, 0.1) is 6.92 Å². The van der Waals surface area contributed by atoms with Crippen molar-refractivity contribution in [3.05, 3.63) is 56.7 Å². The van der Waals surface area contributed by atoms with Crippen LogP contribution in [0.15, 0.2) is 41.8 Å². The molecule has 1 aliphatic heterocycles. The Kier molecular flexibility index (Phi) is 5.48. The Balaban J connectivity index is 1.41. The number of carbonyl (C=O) groups excluding carboxylic acids is 1. The smallest absolute Gasteiger partial charge is 0.228 e. The number of halogens is 1. The Labute approximate surface area is 172 Å². The number of piperazine rings is 1. The quantitative estimate of drug-likeness (QED) is 0.616. The monoisotopic (exact) mass is 417 g/mol. The van der Waals surface area contributed by atoms with Gasteiger partial charge in [0.1, 0.15) is 0 Å². The van der Waals surface area contributed by atoms with Gasteiger partial charge in [0.2, 0.25) is 5.91 Å². The summed E-state index contributed by atoms with van der Waals surface area (Å²) in [5.41, 5.74) is 2.09. The van der Waals surface area contributed by atoms with E-state index in [9.17, 15) is 4.79 Å². The van der Waals surface area contributed by atoms with Gasteiger partial charge in [-0.15, -0.1) is 22.7 Å². The summed E-state index contributed by atoms with van der Waals surface area (Å²) < 4.78 is 0. The summed E-state index contributed by atoms with van der Waals surface area (Å²) in [4.78, 5) is 24.0. The minimum atomic E-state index is 0.183. The van der Waals surface area contributed by atoms with Gasteiger partial charge in [0, 0.05) is 41.8 Å². The minimum absolute atomic E-state index is 0.183. The van der Waals surface area contributed by atoms with Crippen molar-refractivity contribution in [2.45, 2.75) is 13.3 Å². The maximum absolute atomic E-state index is 12.9. The predicted molar refractivity (Wildman–Crippen MR) is 114 cm³/mol. The van der Waals surface area contributed by atoms with Crippen LogP contribution in [-0.2, 0) is 11.2 Å². The molecule has 0 spiro atoms. The van der Waals surface area contributed by atoms with E-state index < -0.39 is 0 Å². The van der Waals surface area contributed by atoms with Gasteiger partial charge in [-0.1, -0.05) is 23.7 Å². The summed E-state index contributed by atoms with van der Waals surface area (Å²) >= 11 is 9.39. The van der Waals surface area contributed by atoms with Crippen LogP contribution in [0.4, 0.5) is 5.69 Å². The molecule has 0 atom stereocenters. The minimum Gasteiger partial charge on any atom is -0.368 e. The molecule has 0 saturated carbocycles. The third-order valence-electron chi connectivity index (χ3n) is 4.68. The van der Waals surface area contributed by atoms with Crippen LogP contribution in [0.2, 0.25) is 5.02 Å². The first kappa shape index (κ1) is 18.5. The van der Waals surface area contributed by atoms with Crippen molar-refractivity contribution in [1.29, 1.82) is 0 Å². The van der Waals surface area contributed by atoms with Gasteiger partial charge in [0.15, 0.2) is 0 Å². The van der Waals surface area contributed by atoms with E-state index in [1.807, 2.05) is 41.5 Å².